The zero-order valence-corrected chi connectivity index (χ0v) is 42.9. The van der Waals surface area contributed by atoms with Gasteiger partial charge in [-0.15, -0.1) is 24.8 Å². The summed E-state index contributed by atoms with van der Waals surface area (Å²) in [5, 5.41) is 0. The van der Waals surface area contributed by atoms with Crippen LogP contribution < -0.4 is 6.54 Å². The number of benzene rings is 6. The van der Waals surface area contributed by atoms with Crippen LogP contribution in [0.1, 0.15) is 62.5 Å². The van der Waals surface area contributed by atoms with Gasteiger partial charge in [-0.1, -0.05) is 0 Å². The van der Waals surface area contributed by atoms with E-state index in [1.165, 1.54) is 46.5 Å². The molecule has 0 aromatic heterocycles. The second-order valence-electron chi connectivity index (χ2n) is 17.7. The molecule has 6 heteroatoms. The Morgan fingerprint density at radius 3 is 1.21 bits per heavy atom. The Kier molecular flexibility index (Phi) is 14.0. The summed E-state index contributed by atoms with van der Waals surface area (Å²) in [6.07, 6.45) is 22.1. The van der Waals surface area contributed by atoms with Crippen LogP contribution in [-0.2, 0) is 17.4 Å². The summed E-state index contributed by atoms with van der Waals surface area (Å²) in [7, 11) is 0. The summed E-state index contributed by atoms with van der Waals surface area (Å²) < 4.78 is 38.4. The van der Waals surface area contributed by atoms with E-state index in [1.807, 2.05) is 72.8 Å². The molecule has 0 radical (unpaired) electrons. The number of allylic oxidation sites excluding steroid dienone is 16. The first-order valence-electron chi connectivity index (χ1n) is 22.8. The van der Waals surface area contributed by atoms with E-state index in [9.17, 15) is 0 Å². The van der Waals surface area contributed by atoms with Crippen LogP contribution in [0, 0.1) is 11.6 Å². The molecule has 6 aromatic rings. The minimum atomic E-state index is -5.20. The summed E-state index contributed by atoms with van der Waals surface area (Å²) in [5.41, 5.74) is 12.8. The zero-order valence-electron chi connectivity index (χ0n) is 37.4. The molecule has 0 heterocycles. The average Bonchev–Trinajstić information content (AvgIpc) is 3.75. The van der Waals surface area contributed by atoms with Crippen LogP contribution in [0.25, 0.3) is 22.3 Å². The quantitative estimate of drug-likeness (QED) is 0.120. The largest absolute Gasteiger partial charge is 0.147 e. The van der Waals surface area contributed by atoms with Gasteiger partial charge >= 0.3 is 382 Å². The fourth-order valence-electron chi connectivity index (χ4n) is 11.4. The first-order chi connectivity index (χ1) is 31.3. The molecule has 330 valence electrons. The van der Waals surface area contributed by atoms with Crippen molar-refractivity contribution in [2.45, 2.75) is 51.4 Å². The third-order valence-electron chi connectivity index (χ3n) is 14.4. The molecule has 2 unspecified atom stereocenters. The second kappa shape index (κ2) is 19.6. The average molecular weight is 1000 g/mol. The van der Waals surface area contributed by atoms with Gasteiger partial charge in [0.2, 0.25) is 0 Å². The van der Waals surface area contributed by atoms with Crippen LogP contribution in [0.4, 0.5) is 8.78 Å². The number of halogens is 4. The van der Waals surface area contributed by atoms with Crippen molar-refractivity contribution in [2.75, 3.05) is 0 Å². The zero-order chi connectivity index (χ0) is 43.9. The molecule has 0 saturated carbocycles. The maximum atomic E-state index is 16.3. The summed E-state index contributed by atoms with van der Waals surface area (Å²) in [4.78, 5) is 0. The van der Waals surface area contributed by atoms with Gasteiger partial charge < -0.3 is 0 Å². The normalized spacial score (nSPS) is 17.9. The fraction of sp³-hybridized carbons (Fsp3) is 0.133. The van der Waals surface area contributed by atoms with Crippen LogP contribution in [0.5, 0.6) is 0 Å². The third kappa shape index (κ3) is 7.78. The third-order valence-corrected chi connectivity index (χ3v) is 39.6. The monoisotopic (exact) mass is 1000 g/mol. The van der Waals surface area contributed by atoms with Crippen LogP contribution >= 0.6 is 24.8 Å². The molecular weight excluding hydrogens is 949 g/mol. The molecule has 6 aromatic carbocycles. The van der Waals surface area contributed by atoms with Crippen molar-refractivity contribution in [3.05, 3.63) is 269 Å². The first-order valence-corrected chi connectivity index (χ1v) is 33.7. The smallest absolute Gasteiger partial charge is 0.147 e. The Morgan fingerprint density at radius 2 is 0.864 bits per heavy atom. The Balaban J connectivity index is 0.00000296. The Bertz CT molecular complexity index is 2920. The van der Waals surface area contributed by atoms with Crippen molar-refractivity contribution >= 4 is 38.2 Å². The van der Waals surface area contributed by atoms with Gasteiger partial charge in [0.05, 0.1) is 0 Å². The minimum Gasteiger partial charge on any atom is -0.147 e. The van der Waals surface area contributed by atoms with Gasteiger partial charge in [0.1, 0.15) is 0 Å². The van der Waals surface area contributed by atoms with Crippen LogP contribution in [-0.4, -0.2) is 6.88 Å². The summed E-state index contributed by atoms with van der Waals surface area (Å²) in [5.74, 6) is -0.442. The predicted octanol–water partition coefficient (Wildman–Crippen LogP) is 14.9. The molecule has 0 fully saturated rings. The van der Waals surface area contributed by atoms with Crippen molar-refractivity contribution < 1.29 is 26.2 Å². The molecule has 0 spiro atoms. The van der Waals surface area contributed by atoms with Crippen molar-refractivity contribution in [2.24, 2.45) is 0 Å². The van der Waals surface area contributed by atoms with Gasteiger partial charge in [0.25, 0.3) is 0 Å². The standard InChI is InChI=1S/2C24H20F.2C6H5.2ClH.H2Si.Zr/c2*1-2-17-14-19-10-6-7-11-21(23(19)15-17)20-12-13-22(24(25)16-20)18-8-4-3-5-9-18;2*1-2-4-6-5-3-1;;;;/h2*3-10,12-13,15-16,21H,2,11H2,1H3;2*1-5H;2*1H;1H2;. The SMILES string of the molecule is CCC1=[C]([Zr](=[SiH2])([C]2=C(CC)C=C3C2=CC=CCC3c2ccc(-c3ccccc3)c(F)c2)([c]2ccccc2)[c]2ccccc2)C2=CC=CCC(c3ccc(-c4ccccc4)c(F)c3)C2=C1.Cl.Cl. The van der Waals surface area contributed by atoms with E-state index in [4.69, 9.17) is 0 Å². The number of rotatable bonds is 10. The molecule has 0 bridgehead atoms. The first kappa shape index (κ1) is 47.3. The Hall–Kier alpha value is -5.22. The molecule has 2 atom stereocenters. The topological polar surface area (TPSA) is 0 Å². The van der Waals surface area contributed by atoms with E-state index >= 15 is 8.78 Å². The van der Waals surface area contributed by atoms with Crippen LogP contribution in [0.3, 0.4) is 0 Å². The van der Waals surface area contributed by atoms with E-state index in [0.29, 0.717) is 11.1 Å². The molecule has 0 amide bonds. The van der Waals surface area contributed by atoms with Crippen LogP contribution in [0.2, 0.25) is 0 Å². The summed E-state index contributed by atoms with van der Waals surface area (Å²) in [6.45, 7) is 6.94. The van der Waals surface area contributed by atoms with Crippen LogP contribution in [0.15, 0.2) is 246 Å². The molecule has 4 aliphatic carbocycles. The summed E-state index contributed by atoms with van der Waals surface area (Å²) in [6, 6.07) is 54.3. The van der Waals surface area contributed by atoms with Gasteiger partial charge in [0.15, 0.2) is 0 Å². The van der Waals surface area contributed by atoms with Gasteiger partial charge in [-0.2, -0.15) is 0 Å². The maximum absolute atomic E-state index is 16.3. The molecule has 10 rings (SSSR count). The molecular formula is C60H54Cl2F2SiZr. The number of hydrogen-bond acceptors (Lipinski definition) is 0. The van der Waals surface area contributed by atoms with Gasteiger partial charge in [-0.3, -0.25) is 0 Å². The molecule has 0 nitrogen and oxygen atoms in total. The van der Waals surface area contributed by atoms with Crippen molar-refractivity contribution in [3.8, 4) is 22.3 Å². The second-order valence-corrected chi connectivity index (χ2v) is 38.5. The Labute approximate surface area is 404 Å². The predicted molar refractivity (Wildman–Crippen MR) is 279 cm³/mol. The number of fused-ring (bicyclic) bond motifs is 2. The molecule has 0 N–H and O–H groups in total. The molecule has 0 aliphatic heterocycles. The summed E-state index contributed by atoms with van der Waals surface area (Å²) >= 11 is -5.20. The van der Waals surface area contributed by atoms with E-state index in [2.05, 4.69) is 142 Å². The molecule has 0 saturated heterocycles. The van der Waals surface area contributed by atoms with Gasteiger partial charge in [0, 0.05) is 0 Å². The Morgan fingerprint density at radius 1 is 0.500 bits per heavy atom. The van der Waals surface area contributed by atoms with E-state index < -0.39 is 17.4 Å². The maximum Gasteiger partial charge on any atom is -0.147 e. The van der Waals surface area contributed by atoms with Crippen molar-refractivity contribution in [3.63, 3.8) is 0 Å². The van der Waals surface area contributed by atoms with E-state index in [0.717, 1.165) is 47.9 Å². The van der Waals surface area contributed by atoms with Gasteiger partial charge in [-0.25, -0.2) is 0 Å². The van der Waals surface area contributed by atoms with E-state index in [1.54, 1.807) is 12.1 Å². The fourth-order valence-corrected chi connectivity index (χ4v) is 36.7. The minimum absolute atomic E-state index is 0. The van der Waals surface area contributed by atoms with Crippen molar-refractivity contribution in [1.82, 2.24) is 0 Å². The molecule has 66 heavy (non-hydrogen) atoms. The van der Waals surface area contributed by atoms with Crippen molar-refractivity contribution in [1.29, 1.82) is 0 Å². The molecule has 4 aliphatic rings. The van der Waals surface area contributed by atoms with Gasteiger partial charge in [-0.05, 0) is 0 Å². The van der Waals surface area contributed by atoms with E-state index in [-0.39, 0.29) is 48.3 Å². The number of hydrogen-bond donors (Lipinski definition) is 0.